The lowest BCUT2D eigenvalue weighted by atomic mass is 9.91. The maximum Gasteiger partial charge on any atom is 0.239 e. The number of ether oxygens (including phenoxy) is 1. The molecule has 2 saturated heterocycles. The Hall–Kier alpha value is -2.86. The summed E-state index contributed by atoms with van der Waals surface area (Å²) in [6.45, 7) is 8.60. The van der Waals surface area contributed by atoms with Crippen molar-refractivity contribution >= 4 is 62.0 Å². The molecule has 11 heteroatoms. The van der Waals surface area contributed by atoms with E-state index in [4.69, 9.17) is 22.1 Å². The molecule has 4 aromatic rings. The predicted octanol–water partition coefficient (Wildman–Crippen LogP) is 7.34. The number of fused-ring (bicyclic) bond motifs is 1. The second-order valence-electron chi connectivity index (χ2n) is 13.4. The van der Waals surface area contributed by atoms with Crippen molar-refractivity contribution in [3.8, 4) is 0 Å². The average Bonchev–Trinajstić information content (AvgIpc) is 3.60. The number of nitrogens with one attached hydrogen (secondary N) is 1. The van der Waals surface area contributed by atoms with E-state index < -0.39 is 10.8 Å². The molecule has 2 unspecified atom stereocenters. The van der Waals surface area contributed by atoms with Crippen molar-refractivity contribution in [2.24, 2.45) is 5.73 Å². The Morgan fingerprint density at radius 2 is 1.78 bits per heavy atom. The van der Waals surface area contributed by atoms with Crippen LogP contribution >= 0.6 is 39.3 Å². The van der Waals surface area contributed by atoms with Gasteiger partial charge in [-0.15, -0.1) is 11.8 Å². The van der Waals surface area contributed by atoms with Crippen LogP contribution < -0.4 is 11.1 Å². The van der Waals surface area contributed by atoms with Crippen molar-refractivity contribution in [3.05, 3.63) is 99.1 Å². The number of amides is 2. The lowest BCUT2D eigenvalue weighted by molar-refractivity contribution is -0.129. The summed E-state index contributed by atoms with van der Waals surface area (Å²) >= 11 is 11.7. The molecule has 0 radical (unpaired) electrons. The van der Waals surface area contributed by atoms with E-state index in [2.05, 4.69) is 68.1 Å². The number of aromatic nitrogens is 1. The number of hydrogen-bond acceptors (Lipinski definition) is 6. The van der Waals surface area contributed by atoms with Crippen molar-refractivity contribution in [2.45, 2.75) is 67.8 Å². The number of carbonyl (C=O) groups excluding carboxylic acids is 2. The quantitative estimate of drug-likeness (QED) is 0.123. The summed E-state index contributed by atoms with van der Waals surface area (Å²) in [7, 11) is 0. The molecule has 3 N–H and O–H groups in total. The molecule has 3 aromatic carbocycles. The van der Waals surface area contributed by atoms with Crippen molar-refractivity contribution in [1.29, 1.82) is 0 Å². The van der Waals surface area contributed by atoms with Crippen molar-refractivity contribution in [1.82, 2.24) is 19.7 Å². The van der Waals surface area contributed by atoms with Gasteiger partial charge in [0.15, 0.2) is 0 Å². The molecule has 1 aromatic heterocycles. The minimum absolute atomic E-state index is 0.0428. The Kier molecular flexibility index (Phi) is 12.6. The largest absolute Gasteiger partial charge is 0.379 e. The number of rotatable bonds is 15. The Morgan fingerprint density at radius 1 is 1.02 bits per heavy atom. The van der Waals surface area contributed by atoms with Gasteiger partial charge in [0.1, 0.15) is 4.75 Å². The number of halogens is 2. The Labute approximate surface area is 313 Å². The molecule has 2 atom stereocenters. The molecule has 0 spiro atoms. The summed E-state index contributed by atoms with van der Waals surface area (Å²) in [4.78, 5) is 34.6. The minimum Gasteiger partial charge on any atom is -0.379 e. The summed E-state index contributed by atoms with van der Waals surface area (Å²) in [5.41, 5.74) is 9.91. The topological polar surface area (TPSA) is 92.8 Å². The molecule has 2 aliphatic heterocycles. The zero-order chi connectivity index (χ0) is 35.1. The van der Waals surface area contributed by atoms with Gasteiger partial charge in [-0.05, 0) is 81.2 Å². The zero-order valence-electron chi connectivity index (χ0n) is 28.7. The van der Waals surface area contributed by atoms with E-state index in [0.29, 0.717) is 24.7 Å². The molecule has 2 amide bonds. The number of thioether (sulfide) groups is 1. The maximum atomic E-state index is 14.9. The number of hydrogen-bond donors (Lipinski definition) is 2. The van der Waals surface area contributed by atoms with Gasteiger partial charge in [-0.25, -0.2) is 0 Å². The normalized spacial score (nSPS) is 19.8. The van der Waals surface area contributed by atoms with Gasteiger partial charge in [0.25, 0.3) is 0 Å². The molecule has 2 fully saturated rings. The van der Waals surface area contributed by atoms with Crippen molar-refractivity contribution in [3.63, 3.8) is 0 Å². The van der Waals surface area contributed by atoms with Crippen LogP contribution in [0.2, 0.25) is 5.02 Å². The molecule has 266 valence electrons. The van der Waals surface area contributed by atoms with Crippen LogP contribution in [0.5, 0.6) is 0 Å². The first-order chi connectivity index (χ1) is 24.3. The molecule has 2 aliphatic rings. The van der Waals surface area contributed by atoms with E-state index in [1.54, 1.807) is 0 Å². The van der Waals surface area contributed by atoms with Crippen LogP contribution in [0.3, 0.4) is 0 Å². The number of benzene rings is 3. The summed E-state index contributed by atoms with van der Waals surface area (Å²) in [5, 5.41) is 4.97. The fourth-order valence-corrected chi connectivity index (χ4v) is 8.99. The fourth-order valence-electron chi connectivity index (χ4n) is 7.14. The molecule has 0 bridgehead atoms. The summed E-state index contributed by atoms with van der Waals surface area (Å²) in [6.07, 6.45) is 6.01. The highest BCUT2D eigenvalue weighted by Crippen LogP contribution is 2.54. The Morgan fingerprint density at radius 3 is 2.52 bits per heavy atom. The van der Waals surface area contributed by atoms with Crippen molar-refractivity contribution in [2.75, 3.05) is 45.9 Å². The van der Waals surface area contributed by atoms with E-state index in [-0.39, 0.29) is 18.2 Å². The van der Waals surface area contributed by atoms with E-state index in [0.717, 1.165) is 102 Å². The highest BCUT2D eigenvalue weighted by atomic mass is 79.9. The second-order valence-corrected chi connectivity index (χ2v) is 16.1. The van der Waals surface area contributed by atoms with E-state index in [9.17, 15) is 9.59 Å². The van der Waals surface area contributed by atoms with Crippen LogP contribution in [0, 0.1) is 6.92 Å². The number of likely N-dealkylation sites (tertiary alicyclic amines) is 1. The van der Waals surface area contributed by atoms with Gasteiger partial charge in [-0.3, -0.25) is 14.5 Å². The van der Waals surface area contributed by atoms with Gasteiger partial charge in [0.2, 0.25) is 11.8 Å². The number of aryl methyl sites for hydroxylation is 2. The molecule has 8 nitrogen and oxygen atoms in total. The maximum absolute atomic E-state index is 14.9. The van der Waals surface area contributed by atoms with Crippen LogP contribution in [0.4, 0.5) is 0 Å². The third kappa shape index (κ3) is 8.60. The van der Waals surface area contributed by atoms with Crippen molar-refractivity contribution < 1.29 is 14.3 Å². The first kappa shape index (κ1) is 36.9. The molecular weight excluding hydrogens is 734 g/mol. The smallest absolute Gasteiger partial charge is 0.239 e. The molecular formula is C39H47BrClN5O3S. The Bertz CT molecular complexity index is 1760. The van der Waals surface area contributed by atoms with Gasteiger partial charge >= 0.3 is 0 Å². The second kappa shape index (κ2) is 17.1. The molecule has 50 heavy (non-hydrogen) atoms. The van der Waals surface area contributed by atoms with E-state index >= 15 is 0 Å². The molecule has 6 rings (SSSR count). The molecule has 0 saturated carbocycles. The van der Waals surface area contributed by atoms with Crippen LogP contribution in [-0.4, -0.2) is 76.9 Å². The van der Waals surface area contributed by atoms with Gasteiger partial charge in [-0.1, -0.05) is 69.8 Å². The van der Waals surface area contributed by atoms with Gasteiger partial charge < -0.3 is 25.3 Å². The standard InChI is InChI=1S/C39H47BrClN5O3S/c1-28-6-13-32(14-7-28)50-39(38(48)43-17-5-18-44-20-22-49-23-21-44)25-36(47)46(26-29-8-10-30(40)11-9-29)37(39)34-27-45(19-4-2-3-16-42)35-24-31(41)12-15-33(34)35/h6-15,24,27,37H,2-5,16-23,25-26,42H2,1H3,(H,43,48). The lowest BCUT2D eigenvalue weighted by Crippen LogP contribution is -2.48. The number of unbranched alkanes of at least 4 members (excludes halogenated alkanes) is 2. The highest BCUT2D eigenvalue weighted by molar-refractivity contribution is 9.10. The van der Waals surface area contributed by atoms with Crippen LogP contribution in [0.25, 0.3) is 10.9 Å². The number of carbonyl (C=O) groups is 2. The third-order valence-corrected chi connectivity index (χ3v) is 12.0. The van der Waals surface area contributed by atoms with Crippen LogP contribution in [-0.2, 0) is 27.4 Å². The van der Waals surface area contributed by atoms with E-state index in [1.165, 1.54) is 11.8 Å². The average molecular weight is 781 g/mol. The first-order valence-corrected chi connectivity index (χ1v) is 19.6. The first-order valence-electron chi connectivity index (χ1n) is 17.6. The summed E-state index contributed by atoms with van der Waals surface area (Å²) in [6, 6.07) is 21.7. The fraction of sp³-hybridized carbons (Fsp3) is 0.436. The number of nitrogens with zero attached hydrogens (tertiary/aromatic N) is 3. The van der Waals surface area contributed by atoms with Gasteiger partial charge in [0.05, 0.1) is 25.7 Å². The van der Waals surface area contributed by atoms with Gasteiger partial charge in [-0.2, -0.15) is 0 Å². The lowest BCUT2D eigenvalue weighted by Gasteiger charge is -2.36. The number of nitrogens with two attached hydrogens (primary N) is 1. The zero-order valence-corrected chi connectivity index (χ0v) is 31.9. The molecule has 0 aliphatic carbocycles. The van der Waals surface area contributed by atoms with Crippen LogP contribution in [0.1, 0.15) is 54.8 Å². The predicted molar refractivity (Wildman–Crippen MR) is 207 cm³/mol. The summed E-state index contributed by atoms with van der Waals surface area (Å²) in [5.74, 6) is -0.154. The SMILES string of the molecule is Cc1ccc(SC2(C(=O)NCCCN3CCOCC3)CC(=O)N(Cc3ccc(Br)cc3)C2c2cn(CCCCCN)c3cc(Cl)ccc23)cc1. The van der Waals surface area contributed by atoms with Crippen LogP contribution in [0.15, 0.2) is 82.3 Å². The van der Waals surface area contributed by atoms with E-state index in [1.807, 2.05) is 47.4 Å². The summed E-state index contributed by atoms with van der Waals surface area (Å²) < 4.78 is 7.61. The highest BCUT2D eigenvalue weighted by Gasteiger charge is 2.58. The minimum atomic E-state index is -1.13. The Balaban J connectivity index is 1.43. The monoisotopic (exact) mass is 779 g/mol. The molecule has 3 heterocycles. The number of morpholine rings is 1. The third-order valence-electron chi connectivity index (χ3n) is 9.77. The van der Waals surface area contributed by atoms with Gasteiger partial charge in [0, 0.05) is 69.8 Å².